The van der Waals surface area contributed by atoms with Crippen LogP contribution < -0.4 is 5.32 Å². The van der Waals surface area contributed by atoms with Gasteiger partial charge in [0.1, 0.15) is 0 Å². The predicted octanol–water partition coefficient (Wildman–Crippen LogP) is 2.20. The van der Waals surface area contributed by atoms with Crippen molar-refractivity contribution in [1.82, 2.24) is 15.1 Å². The van der Waals surface area contributed by atoms with E-state index in [4.69, 9.17) is 4.43 Å². The van der Waals surface area contributed by atoms with E-state index in [2.05, 4.69) is 23.8 Å². The molecule has 6 nitrogen and oxygen atoms in total. The normalized spacial score (nSPS) is 13.3. The van der Waals surface area contributed by atoms with Crippen LogP contribution in [0.2, 0.25) is 18.6 Å². The first-order chi connectivity index (χ1) is 9.75. The lowest BCUT2D eigenvalue weighted by atomic mass is 10.5. The first-order valence-corrected chi connectivity index (χ1v) is 10.4. The van der Waals surface area contributed by atoms with Gasteiger partial charge in [0.05, 0.1) is 0 Å². The standard InChI is InChI=1S/C14H32N4O2Si/c1-8-20-21(7,9-2)12-10-11-15-13(19)16-14(17(3)4)18(5)6/h8-12H2,1-7H3,(H,15,19). The number of hydrogen-bond donors (Lipinski definition) is 1. The fourth-order valence-electron chi connectivity index (χ4n) is 2.09. The van der Waals surface area contributed by atoms with Gasteiger partial charge in [0.2, 0.25) is 5.96 Å². The summed E-state index contributed by atoms with van der Waals surface area (Å²) in [5, 5.41) is 2.85. The second kappa shape index (κ2) is 9.78. The highest BCUT2D eigenvalue weighted by molar-refractivity contribution is 6.72. The predicted molar refractivity (Wildman–Crippen MR) is 91.4 cm³/mol. The summed E-state index contributed by atoms with van der Waals surface area (Å²) < 4.78 is 5.90. The highest BCUT2D eigenvalue weighted by atomic mass is 28.4. The maximum absolute atomic E-state index is 11.8. The summed E-state index contributed by atoms with van der Waals surface area (Å²) in [6.07, 6.45) is 0.942. The minimum atomic E-state index is -1.57. The molecule has 0 aromatic carbocycles. The Kier molecular flexibility index (Phi) is 9.28. The minimum absolute atomic E-state index is 0.288. The lowest BCUT2D eigenvalue weighted by Crippen LogP contribution is -2.38. The van der Waals surface area contributed by atoms with Gasteiger partial charge in [-0.15, -0.1) is 0 Å². The van der Waals surface area contributed by atoms with Gasteiger partial charge < -0.3 is 19.5 Å². The summed E-state index contributed by atoms with van der Waals surface area (Å²) >= 11 is 0. The van der Waals surface area contributed by atoms with Crippen LogP contribution in [0, 0.1) is 0 Å². The zero-order valence-electron chi connectivity index (χ0n) is 14.7. The number of carbonyl (C=O) groups excluding carboxylic acids is 1. The molecule has 1 atom stereocenters. The largest absolute Gasteiger partial charge is 0.417 e. The fraction of sp³-hybridized carbons (Fsp3) is 0.857. The molecule has 1 N–H and O–H groups in total. The van der Waals surface area contributed by atoms with E-state index in [-0.39, 0.29) is 6.03 Å². The van der Waals surface area contributed by atoms with Gasteiger partial charge >= 0.3 is 6.03 Å². The highest BCUT2D eigenvalue weighted by Gasteiger charge is 2.25. The van der Waals surface area contributed by atoms with Crippen molar-refractivity contribution < 1.29 is 9.22 Å². The van der Waals surface area contributed by atoms with Gasteiger partial charge in [-0.2, -0.15) is 4.99 Å². The second-order valence-corrected chi connectivity index (χ2v) is 10.2. The van der Waals surface area contributed by atoms with Crippen molar-refractivity contribution in [3.63, 3.8) is 0 Å². The van der Waals surface area contributed by atoms with Crippen LogP contribution in [0.5, 0.6) is 0 Å². The molecule has 0 aliphatic carbocycles. The van der Waals surface area contributed by atoms with Gasteiger partial charge in [0.15, 0.2) is 8.32 Å². The van der Waals surface area contributed by atoms with Gasteiger partial charge in [-0.1, -0.05) is 6.92 Å². The number of urea groups is 1. The lowest BCUT2D eigenvalue weighted by molar-refractivity contribution is 0.248. The molecule has 0 aliphatic rings. The number of hydrogen-bond acceptors (Lipinski definition) is 2. The van der Waals surface area contributed by atoms with E-state index in [1.165, 1.54) is 0 Å². The van der Waals surface area contributed by atoms with Crippen molar-refractivity contribution in [2.45, 2.75) is 38.9 Å². The lowest BCUT2D eigenvalue weighted by Gasteiger charge is -2.25. The molecule has 0 saturated heterocycles. The van der Waals surface area contributed by atoms with Crippen LogP contribution in [0.25, 0.3) is 0 Å². The molecule has 0 aromatic heterocycles. The topological polar surface area (TPSA) is 57.2 Å². The minimum Gasteiger partial charge on any atom is -0.417 e. The van der Waals surface area contributed by atoms with Crippen molar-refractivity contribution >= 4 is 20.3 Å². The van der Waals surface area contributed by atoms with E-state index in [1.807, 2.05) is 44.9 Å². The van der Waals surface area contributed by atoms with Gasteiger partial charge in [-0.05, 0) is 32.0 Å². The Morgan fingerprint density at radius 3 is 2.19 bits per heavy atom. The van der Waals surface area contributed by atoms with Crippen molar-refractivity contribution in [2.24, 2.45) is 4.99 Å². The van der Waals surface area contributed by atoms with Crippen LogP contribution in [0.3, 0.4) is 0 Å². The van der Waals surface area contributed by atoms with Crippen LogP contribution in [-0.2, 0) is 4.43 Å². The molecule has 0 bridgehead atoms. The summed E-state index contributed by atoms with van der Waals surface area (Å²) in [4.78, 5) is 19.5. The molecule has 0 heterocycles. The molecule has 124 valence electrons. The molecule has 0 saturated carbocycles. The van der Waals surface area contributed by atoms with Crippen LogP contribution >= 0.6 is 0 Å². The zero-order valence-corrected chi connectivity index (χ0v) is 15.7. The number of guanidine groups is 1. The molecular weight excluding hydrogens is 284 g/mol. The van der Waals surface area contributed by atoms with Crippen molar-refractivity contribution in [1.29, 1.82) is 0 Å². The van der Waals surface area contributed by atoms with Crippen LogP contribution in [-0.4, -0.2) is 71.5 Å². The van der Waals surface area contributed by atoms with E-state index in [1.54, 1.807) is 0 Å². The Labute approximate surface area is 130 Å². The molecule has 2 amide bonds. The number of nitrogens with one attached hydrogen (secondary N) is 1. The summed E-state index contributed by atoms with van der Waals surface area (Å²) in [5.41, 5.74) is 0. The molecule has 0 aliphatic heterocycles. The first-order valence-electron chi connectivity index (χ1n) is 7.61. The Hall–Kier alpha value is -1.08. The Morgan fingerprint density at radius 2 is 1.76 bits per heavy atom. The van der Waals surface area contributed by atoms with Crippen molar-refractivity contribution in [3.8, 4) is 0 Å². The molecule has 21 heavy (non-hydrogen) atoms. The van der Waals surface area contributed by atoms with E-state index in [0.717, 1.165) is 25.1 Å². The van der Waals surface area contributed by atoms with Crippen LogP contribution in [0.4, 0.5) is 4.79 Å². The van der Waals surface area contributed by atoms with E-state index < -0.39 is 8.32 Å². The summed E-state index contributed by atoms with van der Waals surface area (Å²) in [6, 6.07) is 1.89. The van der Waals surface area contributed by atoms with Gasteiger partial charge in [0, 0.05) is 41.3 Å². The molecule has 0 fully saturated rings. The maximum atomic E-state index is 11.8. The SMILES string of the molecule is CCO[Si](C)(CC)CCCNC(=O)N=C(N(C)C)N(C)C. The second-order valence-electron chi connectivity index (χ2n) is 5.77. The molecule has 0 spiro atoms. The average molecular weight is 317 g/mol. The number of carbonyl (C=O) groups is 1. The van der Waals surface area contributed by atoms with E-state index in [0.29, 0.717) is 12.5 Å². The van der Waals surface area contributed by atoms with Crippen molar-refractivity contribution in [3.05, 3.63) is 0 Å². The Balaban J connectivity index is 4.24. The zero-order chi connectivity index (χ0) is 16.5. The first kappa shape index (κ1) is 19.9. The number of nitrogens with zero attached hydrogens (tertiary/aromatic N) is 3. The summed E-state index contributed by atoms with van der Waals surface area (Å²) in [5.74, 6) is 0.634. The van der Waals surface area contributed by atoms with E-state index in [9.17, 15) is 4.79 Å². The highest BCUT2D eigenvalue weighted by Crippen LogP contribution is 2.18. The summed E-state index contributed by atoms with van der Waals surface area (Å²) in [7, 11) is 5.90. The van der Waals surface area contributed by atoms with E-state index >= 15 is 0 Å². The monoisotopic (exact) mass is 316 g/mol. The maximum Gasteiger partial charge on any atom is 0.344 e. The molecule has 7 heteroatoms. The fourth-order valence-corrected chi connectivity index (χ4v) is 4.41. The smallest absolute Gasteiger partial charge is 0.344 e. The van der Waals surface area contributed by atoms with Gasteiger partial charge in [-0.3, -0.25) is 0 Å². The third kappa shape index (κ3) is 8.06. The third-order valence-electron chi connectivity index (χ3n) is 3.40. The molecule has 1 unspecified atom stereocenters. The number of amides is 2. The quantitative estimate of drug-likeness (QED) is 0.338. The molecule has 0 aromatic rings. The van der Waals surface area contributed by atoms with Crippen LogP contribution in [0.1, 0.15) is 20.3 Å². The number of rotatable bonds is 7. The van der Waals surface area contributed by atoms with Gasteiger partial charge in [-0.25, -0.2) is 4.79 Å². The Morgan fingerprint density at radius 1 is 1.19 bits per heavy atom. The van der Waals surface area contributed by atoms with Gasteiger partial charge in [0.25, 0.3) is 0 Å². The molecule has 0 radical (unpaired) electrons. The molecular formula is C14H32N4O2Si. The Bertz CT molecular complexity index is 338. The van der Waals surface area contributed by atoms with Crippen LogP contribution in [0.15, 0.2) is 4.99 Å². The summed E-state index contributed by atoms with van der Waals surface area (Å²) in [6.45, 7) is 7.91. The van der Waals surface area contributed by atoms with Crippen molar-refractivity contribution in [2.75, 3.05) is 41.3 Å². The average Bonchev–Trinajstić information content (AvgIpc) is 2.40. The molecule has 0 rings (SSSR count). The third-order valence-corrected chi connectivity index (χ3v) is 7.29. The number of aliphatic imine (C=N–C) groups is 1.